The summed E-state index contributed by atoms with van der Waals surface area (Å²) in [4.78, 5) is 0. The minimum Gasteiger partial charge on any atom is -0.327 e. The topological polar surface area (TPSA) is 43.1 Å². The third kappa shape index (κ3) is 2.80. The highest BCUT2D eigenvalue weighted by atomic mass is 32.2. The maximum Gasteiger partial charge on any atom is 0.0524 e. The van der Waals surface area contributed by atoms with E-state index in [4.69, 9.17) is 5.73 Å². The van der Waals surface area contributed by atoms with Gasteiger partial charge in [0.2, 0.25) is 0 Å². The molecule has 1 saturated carbocycles. The number of rotatable bonds is 3. The zero-order valence-electron chi connectivity index (χ0n) is 9.53. The first-order valence-corrected chi connectivity index (χ1v) is 7.07. The lowest BCUT2D eigenvalue weighted by Crippen LogP contribution is -2.47. The average molecular weight is 217 g/mol. The highest BCUT2D eigenvalue weighted by Crippen LogP contribution is 2.31. The molecule has 0 heterocycles. The Morgan fingerprint density at radius 2 is 2.00 bits per heavy atom. The van der Waals surface area contributed by atoms with Gasteiger partial charge in [0, 0.05) is 22.6 Å². The molecule has 0 aromatic heterocycles. The van der Waals surface area contributed by atoms with Crippen molar-refractivity contribution in [3.8, 4) is 0 Å². The van der Waals surface area contributed by atoms with Crippen molar-refractivity contribution in [2.24, 2.45) is 17.6 Å². The minimum absolute atomic E-state index is 0.154. The van der Waals surface area contributed by atoms with E-state index in [1.54, 1.807) is 0 Å². The Morgan fingerprint density at radius 1 is 1.36 bits per heavy atom. The molecule has 1 aliphatic rings. The number of hydrogen-bond donors (Lipinski definition) is 1. The van der Waals surface area contributed by atoms with Gasteiger partial charge in [0.25, 0.3) is 0 Å². The Labute approximate surface area is 90.1 Å². The van der Waals surface area contributed by atoms with Gasteiger partial charge >= 0.3 is 0 Å². The molecule has 1 aliphatic carbocycles. The van der Waals surface area contributed by atoms with Crippen LogP contribution in [0.15, 0.2) is 0 Å². The summed E-state index contributed by atoms with van der Waals surface area (Å²) in [5.74, 6) is 2.05. The first kappa shape index (κ1) is 12.2. The molecular weight excluding hydrogens is 194 g/mol. The Bertz CT molecular complexity index is 195. The smallest absolute Gasteiger partial charge is 0.0524 e. The highest BCUT2D eigenvalue weighted by Gasteiger charge is 2.35. The van der Waals surface area contributed by atoms with Crippen molar-refractivity contribution in [2.45, 2.75) is 51.3 Å². The van der Waals surface area contributed by atoms with Crippen LogP contribution in [0.4, 0.5) is 0 Å². The summed E-state index contributed by atoms with van der Waals surface area (Å²) in [5, 5.41) is 0.242. The van der Waals surface area contributed by atoms with Gasteiger partial charge in [-0.3, -0.25) is 4.21 Å². The summed E-state index contributed by atoms with van der Waals surface area (Å²) in [6.07, 6.45) is 3.23. The molecule has 2 N–H and O–H groups in total. The summed E-state index contributed by atoms with van der Waals surface area (Å²) < 4.78 is 12.0. The van der Waals surface area contributed by atoms with E-state index in [0.717, 1.165) is 18.6 Å². The quantitative estimate of drug-likeness (QED) is 0.784. The molecule has 14 heavy (non-hydrogen) atoms. The lowest BCUT2D eigenvalue weighted by atomic mass is 9.80. The summed E-state index contributed by atoms with van der Waals surface area (Å²) in [6, 6.07) is 0.154. The van der Waals surface area contributed by atoms with Crippen molar-refractivity contribution >= 4 is 10.8 Å². The molecule has 1 fully saturated rings. The predicted molar refractivity (Wildman–Crippen MR) is 62.6 cm³/mol. The number of hydrogen-bond acceptors (Lipinski definition) is 2. The molecule has 5 atom stereocenters. The normalized spacial score (nSPS) is 40.9. The molecule has 84 valence electrons. The summed E-state index contributed by atoms with van der Waals surface area (Å²) >= 11 is 0. The lowest BCUT2D eigenvalue weighted by molar-refractivity contribution is 0.275. The third-order valence-electron chi connectivity index (χ3n) is 3.14. The van der Waals surface area contributed by atoms with Crippen molar-refractivity contribution in [3.63, 3.8) is 0 Å². The second-order valence-corrected chi connectivity index (χ2v) is 6.48. The Hall–Kier alpha value is 0.110. The van der Waals surface area contributed by atoms with Crippen molar-refractivity contribution in [1.82, 2.24) is 0 Å². The highest BCUT2D eigenvalue weighted by molar-refractivity contribution is 7.85. The summed E-state index contributed by atoms with van der Waals surface area (Å²) in [5.41, 5.74) is 6.10. The maximum absolute atomic E-state index is 12.0. The van der Waals surface area contributed by atoms with E-state index >= 15 is 0 Å². The monoisotopic (exact) mass is 217 g/mol. The van der Waals surface area contributed by atoms with Gasteiger partial charge in [0.05, 0.1) is 5.25 Å². The third-order valence-corrected chi connectivity index (χ3v) is 5.37. The van der Waals surface area contributed by atoms with Crippen LogP contribution < -0.4 is 5.73 Å². The first-order valence-electron chi connectivity index (χ1n) is 5.69. The van der Waals surface area contributed by atoms with Gasteiger partial charge in [-0.2, -0.15) is 0 Å². The molecule has 3 heteroatoms. The molecule has 5 unspecified atom stereocenters. The SMILES string of the molecule is CCCS(=O)C1C(C)CC(C)CC1N. The van der Waals surface area contributed by atoms with Gasteiger partial charge in [0.1, 0.15) is 0 Å². The Kier molecular flexibility index (Phi) is 4.58. The van der Waals surface area contributed by atoms with Gasteiger partial charge in [-0.05, 0) is 31.1 Å². The van der Waals surface area contributed by atoms with E-state index in [0.29, 0.717) is 11.8 Å². The first-order chi connectivity index (χ1) is 6.56. The molecule has 0 saturated heterocycles. The molecule has 0 radical (unpaired) electrons. The number of nitrogens with two attached hydrogens (primary N) is 1. The van der Waals surface area contributed by atoms with Crippen LogP contribution in [0.5, 0.6) is 0 Å². The van der Waals surface area contributed by atoms with E-state index < -0.39 is 10.8 Å². The van der Waals surface area contributed by atoms with Crippen molar-refractivity contribution in [3.05, 3.63) is 0 Å². The molecule has 0 aromatic rings. The van der Waals surface area contributed by atoms with Crippen LogP contribution in [0.25, 0.3) is 0 Å². The molecule has 0 amide bonds. The van der Waals surface area contributed by atoms with Crippen LogP contribution in [0.1, 0.15) is 40.0 Å². The Morgan fingerprint density at radius 3 is 2.50 bits per heavy atom. The van der Waals surface area contributed by atoms with Crippen LogP contribution in [-0.4, -0.2) is 21.3 Å². The van der Waals surface area contributed by atoms with Crippen molar-refractivity contribution < 1.29 is 4.21 Å². The van der Waals surface area contributed by atoms with Crippen LogP contribution in [0.2, 0.25) is 0 Å². The molecule has 1 rings (SSSR count). The minimum atomic E-state index is -0.707. The Balaban J connectivity index is 2.62. The van der Waals surface area contributed by atoms with E-state index in [9.17, 15) is 4.21 Å². The van der Waals surface area contributed by atoms with Crippen LogP contribution in [0.3, 0.4) is 0 Å². The molecule has 0 spiro atoms. The zero-order chi connectivity index (χ0) is 10.7. The maximum atomic E-state index is 12.0. The fourth-order valence-corrected chi connectivity index (χ4v) is 4.48. The summed E-state index contributed by atoms with van der Waals surface area (Å²) in [6.45, 7) is 6.53. The van der Waals surface area contributed by atoms with Crippen LogP contribution in [0, 0.1) is 11.8 Å². The second kappa shape index (κ2) is 5.26. The standard InChI is InChI=1S/C11H23NOS/c1-4-5-14(13)11-9(3)6-8(2)7-10(11)12/h8-11H,4-7,12H2,1-3H3. The van der Waals surface area contributed by atoms with Crippen molar-refractivity contribution in [2.75, 3.05) is 5.75 Å². The van der Waals surface area contributed by atoms with Gasteiger partial charge in [-0.15, -0.1) is 0 Å². The van der Waals surface area contributed by atoms with Crippen LogP contribution in [-0.2, 0) is 10.8 Å². The van der Waals surface area contributed by atoms with Gasteiger partial charge in [-0.1, -0.05) is 20.8 Å². The zero-order valence-corrected chi connectivity index (χ0v) is 10.3. The second-order valence-electron chi connectivity index (χ2n) is 4.77. The molecule has 0 bridgehead atoms. The van der Waals surface area contributed by atoms with Crippen LogP contribution >= 0.6 is 0 Å². The predicted octanol–water partition coefficient (Wildman–Crippen LogP) is 1.91. The van der Waals surface area contributed by atoms with Gasteiger partial charge in [-0.25, -0.2) is 0 Å². The summed E-state index contributed by atoms with van der Waals surface area (Å²) in [7, 11) is -0.707. The fourth-order valence-electron chi connectivity index (χ4n) is 2.68. The van der Waals surface area contributed by atoms with Gasteiger partial charge in [0.15, 0.2) is 0 Å². The fraction of sp³-hybridized carbons (Fsp3) is 1.00. The van der Waals surface area contributed by atoms with E-state index in [1.165, 1.54) is 6.42 Å². The average Bonchev–Trinajstić information content (AvgIpc) is 2.01. The molecule has 0 aliphatic heterocycles. The molecule has 2 nitrogen and oxygen atoms in total. The molecular formula is C11H23NOS. The lowest BCUT2D eigenvalue weighted by Gasteiger charge is -2.36. The largest absolute Gasteiger partial charge is 0.327 e. The van der Waals surface area contributed by atoms with E-state index in [-0.39, 0.29) is 11.3 Å². The van der Waals surface area contributed by atoms with E-state index in [1.807, 2.05) is 0 Å². The van der Waals surface area contributed by atoms with Crippen molar-refractivity contribution in [1.29, 1.82) is 0 Å². The van der Waals surface area contributed by atoms with E-state index in [2.05, 4.69) is 20.8 Å². The van der Waals surface area contributed by atoms with Gasteiger partial charge < -0.3 is 5.73 Å². The molecule has 0 aromatic carbocycles.